The van der Waals surface area contributed by atoms with Gasteiger partial charge in [0.05, 0.1) is 12.5 Å². The van der Waals surface area contributed by atoms with Gasteiger partial charge in [-0.15, -0.1) is 11.3 Å². The smallest absolute Gasteiger partial charge is 0.228 e. The summed E-state index contributed by atoms with van der Waals surface area (Å²) in [5, 5.41) is 2.81. The molecule has 0 N–H and O–H groups in total. The number of hydrogen-bond donors (Lipinski definition) is 0. The third kappa shape index (κ3) is 4.25. The fraction of sp³-hybridized carbons (Fsp3) is 0.643. The van der Waals surface area contributed by atoms with Crippen LogP contribution in [0.25, 0.3) is 0 Å². The van der Waals surface area contributed by atoms with E-state index in [4.69, 9.17) is 0 Å². The molecule has 1 atom stereocenters. The summed E-state index contributed by atoms with van der Waals surface area (Å²) in [6.45, 7) is 2.56. The van der Waals surface area contributed by atoms with Crippen molar-refractivity contribution in [1.82, 2.24) is 19.7 Å². The molecule has 1 saturated heterocycles. The van der Waals surface area contributed by atoms with Crippen LogP contribution in [0.3, 0.4) is 0 Å². The third-order valence-corrected chi connectivity index (χ3v) is 4.38. The standard InChI is InChI=1S/C14H22N4O2S/c1-16(2)5-6-18-9-11(8-13(18)19)14(20)17(3)10-12-15-4-7-21-12/h4,7,11H,5-6,8-10H2,1-3H3/t11-/m0/s1. The summed E-state index contributed by atoms with van der Waals surface area (Å²) < 4.78 is 0. The number of carbonyl (C=O) groups is 2. The molecule has 2 heterocycles. The van der Waals surface area contributed by atoms with Crippen LogP contribution >= 0.6 is 11.3 Å². The van der Waals surface area contributed by atoms with Gasteiger partial charge in [0, 0.05) is 44.7 Å². The molecule has 1 aromatic rings. The molecule has 1 aromatic heterocycles. The number of hydrogen-bond acceptors (Lipinski definition) is 5. The lowest BCUT2D eigenvalue weighted by Crippen LogP contribution is -2.36. The summed E-state index contributed by atoms with van der Waals surface area (Å²) in [7, 11) is 5.73. The topological polar surface area (TPSA) is 56.8 Å². The second-order valence-electron chi connectivity index (χ2n) is 5.66. The predicted octanol–water partition coefficient (Wildman–Crippen LogP) is 0.512. The fourth-order valence-corrected chi connectivity index (χ4v) is 3.07. The summed E-state index contributed by atoms with van der Waals surface area (Å²) in [5.74, 6) is -0.103. The predicted molar refractivity (Wildman–Crippen MR) is 81.8 cm³/mol. The first-order chi connectivity index (χ1) is 9.97. The highest BCUT2D eigenvalue weighted by Gasteiger charge is 2.35. The van der Waals surface area contributed by atoms with Crippen LogP contribution in [0, 0.1) is 5.92 Å². The molecular formula is C14H22N4O2S. The number of carbonyl (C=O) groups excluding carboxylic acids is 2. The Bertz CT molecular complexity index is 489. The van der Waals surface area contributed by atoms with E-state index in [2.05, 4.69) is 4.98 Å². The Kier molecular flexibility index (Phi) is 5.30. The average Bonchev–Trinajstić information content (AvgIpc) is 3.05. The number of likely N-dealkylation sites (N-methyl/N-ethyl adjacent to an activating group) is 1. The number of likely N-dealkylation sites (tertiary alicyclic amines) is 1. The van der Waals surface area contributed by atoms with E-state index < -0.39 is 0 Å². The highest BCUT2D eigenvalue weighted by Crippen LogP contribution is 2.20. The molecule has 1 fully saturated rings. The van der Waals surface area contributed by atoms with Crippen LogP contribution in [-0.4, -0.2) is 72.3 Å². The summed E-state index contributed by atoms with van der Waals surface area (Å²) in [4.78, 5) is 34.1. The number of rotatable bonds is 6. The molecule has 0 spiro atoms. The van der Waals surface area contributed by atoms with Crippen molar-refractivity contribution in [2.45, 2.75) is 13.0 Å². The normalized spacial score (nSPS) is 18.6. The molecule has 0 unspecified atom stereocenters. The Morgan fingerprint density at radius 2 is 2.24 bits per heavy atom. The minimum Gasteiger partial charge on any atom is -0.341 e. The van der Waals surface area contributed by atoms with Gasteiger partial charge < -0.3 is 14.7 Å². The Hall–Kier alpha value is -1.47. The molecular weight excluding hydrogens is 288 g/mol. The molecule has 6 nitrogen and oxygen atoms in total. The summed E-state index contributed by atoms with van der Waals surface area (Å²) in [5.41, 5.74) is 0. The quantitative estimate of drug-likeness (QED) is 0.768. The summed E-state index contributed by atoms with van der Waals surface area (Å²) >= 11 is 1.54. The highest BCUT2D eigenvalue weighted by atomic mass is 32.1. The second-order valence-corrected chi connectivity index (χ2v) is 6.64. The lowest BCUT2D eigenvalue weighted by molar-refractivity contribution is -0.135. The SMILES string of the molecule is CN(C)CCN1C[C@@H](C(=O)N(C)Cc2nccs2)CC1=O. The van der Waals surface area contributed by atoms with Crippen molar-refractivity contribution in [2.24, 2.45) is 5.92 Å². The molecule has 2 amide bonds. The first kappa shape index (κ1) is 15.9. The van der Waals surface area contributed by atoms with E-state index in [1.165, 1.54) is 11.3 Å². The molecule has 7 heteroatoms. The number of amides is 2. The Labute approximate surface area is 129 Å². The van der Waals surface area contributed by atoms with Gasteiger partial charge in [-0.25, -0.2) is 4.98 Å². The molecule has 2 rings (SSSR count). The van der Waals surface area contributed by atoms with Crippen LogP contribution in [-0.2, 0) is 16.1 Å². The lowest BCUT2D eigenvalue weighted by atomic mass is 10.1. The monoisotopic (exact) mass is 310 g/mol. The number of nitrogens with zero attached hydrogens (tertiary/aromatic N) is 4. The Morgan fingerprint density at radius 1 is 1.48 bits per heavy atom. The van der Waals surface area contributed by atoms with Crippen molar-refractivity contribution in [3.63, 3.8) is 0 Å². The van der Waals surface area contributed by atoms with Crippen molar-refractivity contribution in [1.29, 1.82) is 0 Å². The molecule has 0 aromatic carbocycles. The van der Waals surface area contributed by atoms with E-state index in [9.17, 15) is 9.59 Å². The Morgan fingerprint density at radius 3 is 2.86 bits per heavy atom. The van der Waals surface area contributed by atoms with Crippen molar-refractivity contribution in [3.05, 3.63) is 16.6 Å². The maximum atomic E-state index is 12.4. The van der Waals surface area contributed by atoms with Crippen molar-refractivity contribution >= 4 is 23.2 Å². The van der Waals surface area contributed by atoms with Crippen LogP contribution < -0.4 is 0 Å². The zero-order valence-corrected chi connectivity index (χ0v) is 13.6. The van der Waals surface area contributed by atoms with E-state index in [1.807, 2.05) is 24.4 Å². The van der Waals surface area contributed by atoms with Gasteiger partial charge in [0.2, 0.25) is 11.8 Å². The van der Waals surface area contributed by atoms with Gasteiger partial charge in [0.1, 0.15) is 5.01 Å². The lowest BCUT2D eigenvalue weighted by Gasteiger charge is -2.21. The highest BCUT2D eigenvalue weighted by molar-refractivity contribution is 7.09. The third-order valence-electron chi connectivity index (χ3n) is 3.61. The van der Waals surface area contributed by atoms with Crippen LogP contribution in [0.1, 0.15) is 11.4 Å². The molecule has 0 bridgehead atoms. The van der Waals surface area contributed by atoms with E-state index >= 15 is 0 Å². The number of thiazole rings is 1. The van der Waals surface area contributed by atoms with Gasteiger partial charge in [-0.2, -0.15) is 0 Å². The molecule has 0 radical (unpaired) electrons. The van der Waals surface area contributed by atoms with Gasteiger partial charge >= 0.3 is 0 Å². The van der Waals surface area contributed by atoms with Gasteiger partial charge in [-0.3, -0.25) is 9.59 Å². The van der Waals surface area contributed by atoms with E-state index in [1.54, 1.807) is 23.0 Å². The molecule has 116 valence electrons. The van der Waals surface area contributed by atoms with Gasteiger partial charge in [-0.05, 0) is 14.1 Å². The maximum Gasteiger partial charge on any atom is 0.228 e. The average molecular weight is 310 g/mol. The van der Waals surface area contributed by atoms with Crippen LogP contribution in [0.2, 0.25) is 0 Å². The number of aromatic nitrogens is 1. The first-order valence-electron chi connectivity index (χ1n) is 7.03. The minimum absolute atomic E-state index is 0.0332. The van der Waals surface area contributed by atoms with Crippen LogP contribution in [0.4, 0.5) is 0 Å². The van der Waals surface area contributed by atoms with Crippen molar-refractivity contribution < 1.29 is 9.59 Å². The summed E-state index contributed by atoms with van der Waals surface area (Å²) in [6.07, 6.45) is 2.06. The maximum absolute atomic E-state index is 12.4. The minimum atomic E-state index is -0.218. The second kappa shape index (κ2) is 7.00. The first-order valence-corrected chi connectivity index (χ1v) is 7.91. The molecule has 0 saturated carbocycles. The molecule has 1 aliphatic rings. The van der Waals surface area contributed by atoms with Crippen molar-refractivity contribution in [3.8, 4) is 0 Å². The van der Waals surface area contributed by atoms with Crippen LogP contribution in [0.15, 0.2) is 11.6 Å². The van der Waals surface area contributed by atoms with Crippen LogP contribution in [0.5, 0.6) is 0 Å². The van der Waals surface area contributed by atoms with Gasteiger partial charge in [-0.1, -0.05) is 0 Å². The summed E-state index contributed by atoms with van der Waals surface area (Å²) in [6, 6.07) is 0. The van der Waals surface area contributed by atoms with E-state index in [0.29, 0.717) is 26.1 Å². The van der Waals surface area contributed by atoms with E-state index in [0.717, 1.165) is 11.6 Å². The van der Waals surface area contributed by atoms with Gasteiger partial charge in [0.15, 0.2) is 0 Å². The van der Waals surface area contributed by atoms with Crippen molar-refractivity contribution in [2.75, 3.05) is 40.8 Å². The molecule has 0 aliphatic carbocycles. The molecule has 1 aliphatic heterocycles. The van der Waals surface area contributed by atoms with E-state index in [-0.39, 0.29) is 17.7 Å². The fourth-order valence-electron chi connectivity index (χ4n) is 2.40. The largest absolute Gasteiger partial charge is 0.341 e. The molecule has 21 heavy (non-hydrogen) atoms. The zero-order chi connectivity index (χ0) is 15.4. The zero-order valence-electron chi connectivity index (χ0n) is 12.8. The van der Waals surface area contributed by atoms with Gasteiger partial charge in [0.25, 0.3) is 0 Å². The Balaban J connectivity index is 1.87.